The van der Waals surface area contributed by atoms with Crippen molar-refractivity contribution in [3.8, 4) is 91.0 Å². The molecule has 0 spiro atoms. The van der Waals surface area contributed by atoms with Gasteiger partial charge in [-0.2, -0.15) is 0 Å². The third-order valence-corrected chi connectivity index (χ3v) is 14.9. The molecule has 0 aliphatic carbocycles. The quantitative estimate of drug-likeness (QED) is 0.142. The first-order valence-corrected chi connectivity index (χ1v) is 27.0. The number of phenolic OH excluding ortho intramolecular Hbond substituents is 2. The first kappa shape index (κ1) is 52.8. The van der Waals surface area contributed by atoms with E-state index in [4.69, 9.17) is 39.2 Å². The molecule has 10 aromatic carbocycles. The van der Waals surface area contributed by atoms with Crippen LogP contribution < -0.4 is 5.46 Å². The van der Waals surface area contributed by atoms with Crippen LogP contribution in [0.2, 0.25) is 0 Å². The summed E-state index contributed by atoms with van der Waals surface area (Å²) in [6, 6.07) is 79.0. The van der Waals surface area contributed by atoms with E-state index in [9.17, 15) is 10.2 Å². The number of fused-ring (bicyclic) bond motifs is 2. The van der Waals surface area contributed by atoms with Crippen molar-refractivity contribution in [1.82, 2.24) is 29.9 Å². The van der Waals surface area contributed by atoms with Crippen molar-refractivity contribution >= 4 is 50.1 Å². The molecule has 80 heavy (non-hydrogen) atoms. The molecular formula is C68H54BBrN6O4. The first-order valence-electron chi connectivity index (χ1n) is 26.2. The molecule has 12 aromatic rings. The SMILES string of the molecule is CC1(C)OB(c2cccc(-c3nc(-c4ccccc4)nc(-c4ccccc4)n3)c2)OC1(C)C.Oc1ccc(-c2cccc(-c3nc(-c4ccccc4)nc(-c4ccccc4)n3)c2)c2ccccc12.Oc1ccc(Br)c2ccccc12. The van der Waals surface area contributed by atoms with Gasteiger partial charge in [0.15, 0.2) is 34.9 Å². The van der Waals surface area contributed by atoms with E-state index < -0.39 is 18.3 Å². The third-order valence-electron chi connectivity index (χ3n) is 14.2. The molecular weight excluding hydrogens is 1060 g/mol. The number of benzene rings is 10. The Bertz CT molecular complexity index is 3960. The second-order valence-electron chi connectivity index (χ2n) is 20.2. The van der Waals surface area contributed by atoms with Crippen LogP contribution in [0, 0.1) is 0 Å². The van der Waals surface area contributed by atoms with Gasteiger partial charge < -0.3 is 19.5 Å². The molecule has 13 rings (SSSR count). The van der Waals surface area contributed by atoms with Crippen molar-refractivity contribution in [1.29, 1.82) is 0 Å². The standard InChI is InChI=1S/C31H21N3O.C27H26BN3O2.C10H7BrO/c35-28-19-18-25(26-16-7-8-17-27(26)28)23-14-9-15-24(20-23)31-33-29(21-10-3-1-4-11-21)32-30(34-31)22-12-5-2-6-13-22;1-26(2)27(3,4)33-28(32-26)22-17-11-16-21(18-22)25-30-23(19-12-7-5-8-13-19)29-24(31-25)20-14-9-6-10-15-20;11-9-5-6-10(12)8-4-2-1-3-7(8)9/h1-20,35H;5-18H,1-4H3;1-6,12H. The van der Waals surface area contributed by atoms with E-state index in [1.165, 1.54) is 0 Å². The molecule has 1 saturated heterocycles. The summed E-state index contributed by atoms with van der Waals surface area (Å²) in [7, 11) is -0.445. The summed E-state index contributed by atoms with van der Waals surface area (Å²) in [6.07, 6.45) is 0. The van der Waals surface area contributed by atoms with Crippen LogP contribution in [0.25, 0.3) is 101 Å². The summed E-state index contributed by atoms with van der Waals surface area (Å²) in [5.74, 6) is 4.38. The molecule has 390 valence electrons. The summed E-state index contributed by atoms with van der Waals surface area (Å²) in [5.41, 5.74) is 7.76. The lowest BCUT2D eigenvalue weighted by molar-refractivity contribution is 0.00578. The molecule has 0 unspecified atom stereocenters. The zero-order valence-electron chi connectivity index (χ0n) is 44.4. The summed E-state index contributed by atoms with van der Waals surface area (Å²) < 4.78 is 13.5. The van der Waals surface area contributed by atoms with Gasteiger partial charge in [-0.15, -0.1) is 0 Å². The molecule has 0 amide bonds. The van der Waals surface area contributed by atoms with E-state index >= 15 is 0 Å². The Morgan fingerprint density at radius 2 is 0.650 bits per heavy atom. The summed E-state index contributed by atoms with van der Waals surface area (Å²) in [5, 5.41) is 23.5. The second kappa shape index (κ2) is 23.0. The topological polar surface area (TPSA) is 136 Å². The van der Waals surface area contributed by atoms with E-state index in [0.29, 0.717) is 40.7 Å². The Balaban J connectivity index is 0.000000140. The van der Waals surface area contributed by atoms with Crippen LogP contribution in [0.4, 0.5) is 0 Å². The lowest BCUT2D eigenvalue weighted by Gasteiger charge is -2.32. The highest BCUT2D eigenvalue weighted by atomic mass is 79.9. The van der Waals surface area contributed by atoms with E-state index in [-0.39, 0.29) is 5.75 Å². The molecule has 3 heterocycles. The lowest BCUT2D eigenvalue weighted by atomic mass is 9.78. The maximum Gasteiger partial charge on any atom is 0.494 e. The summed E-state index contributed by atoms with van der Waals surface area (Å²) in [4.78, 5) is 28.9. The predicted molar refractivity (Wildman–Crippen MR) is 326 cm³/mol. The Hall–Kier alpha value is -9.20. The van der Waals surface area contributed by atoms with Crippen LogP contribution in [0.15, 0.2) is 247 Å². The van der Waals surface area contributed by atoms with E-state index in [0.717, 1.165) is 76.0 Å². The van der Waals surface area contributed by atoms with Gasteiger partial charge in [0, 0.05) is 48.6 Å². The maximum atomic E-state index is 10.3. The molecule has 0 radical (unpaired) electrons. The van der Waals surface area contributed by atoms with Gasteiger partial charge in [0.05, 0.1) is 11.2 Å². The molecule has 1 aliphatic heterocycles. The number of aromatic hydroxyl groups is 2. The largest absolute Gasteiger partial charge is 0.507 e. The van der Waals surface area contributed by atoms with Crippen molar-refractivity contribution in [3.05, 3.63) is 247 Å². The molecule has 0 atom stereocenters. The fourth-order valence-corrected chi connectivity index (χ4v) is 9.76. The van der Waals surface area contributed by atoms with Crippen molar-refractivity contribution in [2.75, 3.05) is 0 Å². The van der Waals surface area contributed by atoms with Crippen LogP contribution in [0.3, 0.4) is 0 Å². The first-order chi connectivity index (χ1) is 38.9. The van der Waals surface area contributed by atoms with Crippen molar-refractivity contribution in [2.45, 2.75) is 38.9 Å². The van der Waals surface area contributed by atoms with Crippen LogP contribution in [-0.4, -0.2) is 58.4 Å². The highest BCUT2D eigenvalue weighted by molar-refractivity contribution is 9.10. The van der Waals surface area contributed by atoms with E-state index in [1.807, 2.05) is 218 Å². The Morgan fingerprint density at radius 1 is 0.325 bits per heavy atom. The number of hydrogen-bond donors (Lipinski definition) is 2. The van der Waals surface area contributed by atoms with Crippen molar-refractivity contribution < 1.29 is 19.5 Å². The number of hydrogen-bond acceptors (Lipinski definition) is 10. The number of rotatable bonds is 8. The van der Waals surface area contributed by atoms with Crippen LogP contribution in [0.1, 0.15) is 27.7 Å². The number of phenols is 2. The van der Waals surface area contributed by atoms with Crippen molar-refractivity contribution in [3.63, 3.8) is 0 Å². The molecule has 0 saturated carbocycles. The monoisotopic (exact) mass is 1110 g/mol. The summed E-state index contributed by atoms with van der Waals surface area (Å²) in [6.45, 7) is 8.23. The summed E-state index contributed by atoms with van der Waals surface area (Å²) >= 11 is 3.42. The Kier molecular flexibility index (Phi) is 15.2. The minimum absolute atomic E-state index is 0.276. The van der Waals surface area contributed by atoms with Gasteiger partial charge in [0.25, 0.3) is 0 Å². The van der Waals surface area contributed by atoms with Gasteiger partial charge in [-0.3, -0.25) is 0 Å². The molecule has 1 aliphatic rings. The zero-order chi connectivity index (χ0) is 55.2. The molecule has 2 N–H and O–H groups in total. The average Bonchev–Trinajstić information content (AvgIpc) is 3.75. The van der Waals surface area contributed by atoms with E-state index in [1.54, 1.807) is 12.1 Å². The van der Waals surface area contributed by atoms with Gasteiger partial charge in [0.2, 0.25) is 0 Å². The number of halogens is 1. The fraction of sp³-hybridized carbons (Fsp3) is 0.0882. The van der Waals surface area contributed by atoms with Gasteiger partial charge in [-0.05, 0) is 79.3 Å². The third kappa shape index (κ3) is 11.5. The number of nitrogens with zero attached hydrogens (tertiary/aromatic N) is 6. The molecule has 0 bridgehead atoms. The smallest absolute Gasteiger partial charge is 0.494 e. The number of aromatic nitrogens is 6. The average molecular weight is 1110 g/mol. The Morgan fingerprint density at radius 3 is 1.09 bits per heavy atom. The maximum absolute atomic E-state index is 10.3. The predicted octanol–water partition coefficient (Wildman–Crippen LogP) is 15.9. The molecule has 1 fully saturated rings. The highest BCUT2D eigenvalue weighted by Crippen LogP contribution is 2.38. The fourth-order valence-electron chi connectivity index (χ4n) is 9.29. The normalized spacial score (nSPS) is 13.2. The second-order valence-corrected chi connectivity index (χ2v) is 21.0. The molecule has 10 nitrogen and oxygen atoms in total. The van der Waals surface area contributed by atoms with Crippen LogP contribution in [0.5, 0.6) is 11.5 Å². The van der Waals surface area contributed by atoms with Gasteiger partial charge in [0.1, 0.15) is 11.5 Å². The van der Waals surface area contributed by atoms with Crippen LogP contribution in [-0.2, 0) is 9.31 Å². The van der Waals surface area contributed by atoms with Crippen molar-refractivity contribution in [2.24, 2.45) is 0 Å². The van der Waals surface area contributed by atoms with Gasteiger partial charge in [-0.25, -0.2) is 29.9 Å². The highest BCUT2D eigenvalue weighted by Gasteiger charge is 2.51. The minimum Gasteiger partial charge on any atom is -0.507 e. The minimum atomic E-state index is -0.445. The van der Waals surface area contributed by atoms with Crippen LogP contribution >= 0.6 is 15.9 Å². The van der Waals surface area contributed by atoms with E-state index in [2.05, 4.69) is 55.8 Å². The Labute approximate surface area is 473 Å². The lowest BCUT2D eigenvalue weighted by Crippen LogP contribution is -2.41. The molecule has 2 aromatic heterocycles. The van der Waals surface area contributed by atoms with Gasteiger partial charge >= 0.3 is 7.12 Å². The van der Waals surface area contributed by atoms with Gasteiger partial charge in [-0.1, -0.05) is 234 Å². The zero-order valence-corrected chi connectivity index (χ0v) is 46.0. The molecule has 12 heteroatoms.